The predicted octanol–water partition coefficient (Wildman–Crippen LogP) is 14.3. The minimum atomic E-state index is -4.31. The lowest BCUT2D eigenvalue weighted by molar-refractivity contribution is -0.870. The van der Waals surface area contributed by atoms with Crippen LogP contribution in [0.5, 0.6) is 0 Å². The number of amides is 1. The van der Waals surface area contributed by atoms with Crippen LogP contribution in [0.25, 0.3) is 0 Å². The number of aliphatic hydroxyl groups excluding tert-OH is 1. The lowest BCUT2D eigenvalue weighted by Gasteiger charge is -2.26. The number of quaternary nitrogens is 1. The Kier molecular flexibility index (Phi) is 41.8. The number of allylic oxidation sites excluding steroid dienone is 16. The van der Waals surface area contributed by atoms with Gasteiger partial charge in [-0.2, -0.15) is 0 Å². The number of phosphoric ester groups is 1. The molecular formula is C53H94N2O6P+. The van der Waals surface area contributed by atoms with Gasteiger partial charge in [-0.15, -0.1) is 0 Å². The maximum atomic E-state index is 12.9. The molecule has 0 aliphatic carbocycles. The number of rotatable bonds is 43. The second-order valence-electron chi connectivity index (χ2n) is 17.5. The first-order chi connectivity index (χ1) is 30.0. The van der Waals surface area contributed by atoms with Gasteiger partial charge in [-0.25, -0.2) is 4.57 Å². The van der Waals surface area contributed by atoms with Gasteiger partial charge in [0.15, 0.2) is 0 Å². The molecule has 0 bridgehead atoms. The molecule has 0 fully saturated rings. The van der Waals surface area contributed by atoms with E-state index >= 15 is 0 Å². The largest absolute Gasteiger partial charge is 0.472 e. The van der Waals surface area contributed by atoms with E-state index in [4.69, 9.17) is 9.05 Å². The molecule has 62 heavy (non-hydrogen) atoms. The number of hydrogen-bond acceptors (Lipinski definition) is 5. The van der Waals surface area contributed by atoms with Gasteiger partial charge in [0.2, 0.25) is 5.91 Å². The average Bonchev–Trinajstić information content (AvgIpc) is 3.23. The number of aliphatic hydroxyl groups is 1. The van der Waals surface area contributed by atoms with Gasteiger partial charge < -0.3 is 19.8 Å². The van der Waals surface area contributed by atoms with E-state index in [-0.39, 0.29) is 19.1 Å². The lowest BCUT2D eigenvalue weighted by Crippen LogP contribution is -2.46. The van der Waals surface area contributed by atoms with Crippen molar-refractivity contribution in [1.82, 2.24) is 5.32 Å². The highest BCUT2D eigenvalue weighted by Gasteiger charge is 2.28. The number of carbonyl (C=O) groups is 1. The molecule has 0 saturated carbocycles. The molecule has 0 radical (unpaired) electrons. The van der Waals surface area contributed by atoms with E-state index in [0.717, 1.165) is 96.3 Å². The Morgan fingerprint density at radius 3 is 1.42 bits per heavy atom. The SMILES string of the molecule is CC/C=C\C/C=C\C/C=C\C/C=C\C/C=C\C/C=C\C/C=C\C/C=C\CCCCCCCCCCC(=O)NC(COP(=O)(O)OCC[N+](C)(C)C)C(O)CCCCCCCCC. The number of hydrogen-bond donors (Lipinski definition) is 3. The second-order valence-corrected chi connectivity index (χ2v) is 18.9. The average molecular weight is 886 g/mol. The van der Waals surface area contributed by atoms with E-state index in [0.29, 0.717) is 23.9 Å². The molecule has 3 N–H and O–H groups in total. The van der Waals surface area contributed by atoms with E-state index in [2.05, 4.69) is 116 Å². The Balaban J connectivity index is 4.07. The van der Waals surface area contributed by atoms with Crippen molar-refractivity contribution in [2.24, 2.45) is 0 Å². The summed E-state index contributed by atoms with van der Waals surface area (Å²) in [5.74, 6) is -0.163. The number of carbonyl (C=O) groups excluding carboxylic acids is 1. The van der Waals surface area contributed by atoms with Crippen LogP contribution < -0.4 is 5.32 Å². The normalized spacial score (nSPS) is 15.0. The van der Waals surface area contributed by atoms with Crippen molar-refractivity contribution < 1.29 is 32.9 Å². The Labute approximate surface area is 381 Å². The van der Waals surface area contributed by atoms with Crippen LogP contribution in [0.3, 0.4) is 0 Å². The number of likely N-dealkylation sites (N-methyl/N-ethyl adjacent to an activating group) is 1. The fraction of sp³-hybridized carbons (Fsp3) is 0.679. The summed E-state index contributed by atoms with van der Waals surface area (Å²) >= 11 is 0. The summed E-state index contributed by atoms with van der Waals surface area (Å²) in [6, 6.07) is -0.768. The summed E-state index contributed by atoms with van der Waals surface area (Å²) in [6.07, 6.45) is 61.9. The molecule has 0 spiro atoms. The quantitative estimate of drug-likeness (QED) is 0.0244. The minimum absolute atomic E-state index is 0.0674. The fourth-order valence-corrected chi connectivity index (χ4v) is 7.21. The first-order valence-corrected chi connectivity index (χ1v) is 26.1. The summed E-state index contributed by atoms with van der Waals surface area (Å²) in [6.45, 7) is 4.69. The molecule has 0 aromatic carbocycles. The van der Waals surface area contributed by atoms with E-state index in [9.17, 15) is 19.4 Å². The van der Waals surface area contributed by atoms with Crippen molar-refractivity contribution in [1.29, 1.82) is 0 Å². The molecule has 0 heterocycles. The zero-order chi connectivity index (χ0) is 45.7. The van der Waals surface area contributed by atoms with Gasteiger partial charge in [0.05, 0.1) is 39.9 Å². The number of unbranched alkanes of at least 4 members (excludes halogenated alkanes) is 14. The Morgan fingerprint density at radius 1 is 0.565 bits per heavy atom. The maximum absolute atomic E-state index is 12.9. The molecular weight excluding hydrogens is 792 g/mol. The molecule has 0 aliphatic heterocycles. The fourth-order valence-electron chi connectivity index (χ4n) is 6.47. The number of nitrogens with zero attached hydrogens (tertiary/aromatic N) is 1. The van der Waals surface area contributed by atoms with Crippen molar-refractivity contribution in [2.75, 3.05) is 40.9 Å². The van der Waals surface area contributed by atoms with Crippen molar-refractivity contribution in [3.63, 3.8) is 0 Å². The molecule has 0 aromatic rings. The third kappa shape index (κ3) is 45.4. The van der Waals surface area contributed by atoms with Gasteiger partial charge in [-0.3, -0.25) is 13.8 Å². The molecule has 0 aliphatic rings. The zero-order valence-corrected chi connectivity index (χ0v) is 41.2. The first-order valence-electron chi connectivity index (χ1n) is 24.6. The maximum Gasteiger partial charge on any atom is 0.472 e. The van der Waals surface area contributed by atoms with Crippen LogP contribution in [0.15, 0.2) is 97.2 Å². The van der Waals surface area contributed by atoms with E-state index in [1.54, 1.807) is 0 Å². The van der Waals surface area contributed by atoms with Crippen LogP contribution >= 0.6 is 7.82 Å². The van der Waals surface area contributed by atoms with Crippen LogP contribution in [0, 0.1) is 0 Å². The third-order valence-electron chi connectivity index (χ3n) is 10.3. The summed E-state index contributed by atoms with van der Waals surface area (Å²) in [4.78, 5) is 23.1. The molecule has 0 rings (SSSR count). The highest BCUT2D eigenvalue weighted by atomic mass is 31.2. The summed E-state index contributed by atoms with van der Waals surface area (Å²) in [5, 5.41) is 13.8. The molecule has 356 valence electrons. The monoisotopic (exact) mass is 886 g/mol. The molecule has 1 amide bonds. The van der Waals surface area contributed by atoms with Crippen LogP contribution in [0.1, 0.15) is 181 Å². The highest BCUT2D eigenvalue weighted by molar-refractivity contribution is 7.47. The zero-order valence-electron chi connectivity index (χ0n) is 40.3. The molecule has 0 saturated heterocycles. The lowest BCUT2D eigenvalue weighted by atomic mass is 10.0. The van der Waals surface area contributed by atoms with Gasteiger partial charge in [-0.05, 0) is 77.0 Å². The van der Waals surface area contributed by atoms with E-state index in [1.807, 2.05) is 21.1 Å². The Hall–Kier alpha value is -2.58. The van der Waals surface area contributed by atoms with Gasteiger partial charge in [0, 0.05) is 6.42 Å². The van der Waals surface area contributed by atoms with Crippen LogP contribution in [-0.4, -0.2) is 73.4 Å². The van der Waals surface area contributed by atoms with E-state index in [1.165, 1.54) is 57.8 Å². The van der Waals surface area contributed by atoms with Crippen LogP contribution in [-0.2, 0) is 18.4 Å². The van der Waals surface area contributed by atoms with Gasteiger partial charge in [-0.1, -0.05) is 195 Å². The third-order valence-corrected chi connectivity index (χ3v) is 11.3. The van der Waals surface area contributed by atoms with Crippen molar-refractivity contribution in [3.8, 4) is 0 Å². The molecule has 0 aromatic heterocycles. The van der Waals surface area contributed by atoms with Gasteiger partial charge in [0.1, 0.15) is 13.2 Å². The van der Waals surface area contributed by atoms with Crippen molar-refractivity contribution >= 4 is 13.7 Å². The Morgan fingerprint density at radius 2 is 0.968 bits per heavy atom. The molecule has 9 heteroatoms. The highest BCUT2D eigenvalue weighted by Crippen LogP contribution is 2.43. The second kappa shape index (κ2) is 43.7. The standard InChI is InChI=1S/C53H93N2O6P/c1-6-8-10-12-14-15-16-17-18-19-20-21-22-23-24-25-26-27-28-29-30-31-32-33-34-35-36-37-38-39-41-43-45-47-53(57)54-51(52(56)46-44-42-40-13-11-9-7-2)50-61-62(58,59)60-49-48-55(3,4)5/h8,10,14-15,17-18,20-21,23-24,26-27,29-30,32-33,51-52,56H,6-7,9,11-13,16,19,22,25,28,31,34-50H2,1-5H3,(H-,54,57,58,59)/p+1/b10-8-,15-14-,18-17-,21-20-,24-23-,27-26-,30-29-,33-32-. The number of phosphoric acid groups is 1. The Bertz CT molecular complexity index is 1330. The molecule has 8 nitrogen and oxygen atoms in total. The topological polar surface area (TPSA) is 105 Å². The predicted molar refractivity (Wildman–Crippen MR) is 267 cm³/mol. The summed E-state index contributed by atoms with van der Waals surface area (Å²) < 4.78 is 23.5. The van der Waals surface area contributed by atoms with Crippen molar-refractivity contribution in [2.45, 2.75) is 193 Å². The molecule has 3 unspecified atom stereocenters. The van der Waals surface area contributed by atoms with Crippen LogP contribution in [0.4, 0.5) is 0 Å². The summed E-state index contributed by atoms with van der Waals surface area (Å²) in [7, 11) is 1.59. The first kappa shape index (κ1) is 59.4. The van der Waals surface area contributed by atoms with E-state index < -0.39 is 20.0 Å². The van der Waals surface area contributed by atoms with Gasteiger partial charge in [0.25, 0.3) is 0 Å². The van der Waals surface area contributed by atoms with Gasteiger partial charge >= 0.3 is 7.82 Å². The molecule has 3 atom stereocenters. The van der Waals surface area contributed by atoms with Crippen LogP contribution in [0.2, 0.25) is 0 Å². The minimum Gasteiger partial charge on any atom is -0.391 e. The summed E-state index contributed by atoms with van der Waals surface area (Å²) in [5.41, 5.74) is 0. The van der Waals surface area contributed by atoms with Crippen molar-refractivity contribution in [3.05, 3.63) is 97.2 Å². The smallest absolute Gasteiger partial charge is 0.391 e. The number of nitrogens with one attached hydrogen (secondary N) is 1.